The zero-order valence-corrected chi connectivity index (χ0v) is 20.1. The van der Waals surface area contributed by atoms with Crippen LogP contribution < -0.4 is 16.4 Å². The van der Waals surface area contributed by atoms with Crippen LogP contribution in [-0.4, -0.2) is 59.0 Å². The Labute approximate surface area is 195 Å². The van der Waals surface area contributed by atoms with Crippen LogP contribution in [-0.2, 0) is 24.0 Å². The topological polar surface area (TPSA) is 139 Å². The number of ketones is 1. The fourth-order valence-electron chi connectivity index (χ4n) is 4.51. The molecule has 33 heavy (non-hydrogen) atoms. The van der Waals surface area contributed by atoms with Crippen molar-refractivity contribution in [1.82, 2.24) is 15.5 Å². The van der Waals surface area contributed by atoms with E-state index in [1.54, 1.807) is 4.90 Å². The van der Waals surface area contributed by atoms with Gasteiger partial charge in [0.2, 0.25) is 23.5 Å². The second-order valence-electron chi connectivity index (χ2n) is 10.7. The monoisotopic (exact) mass is 462 g/mol. The predicted molar refractivity (Wildman–Crippen MR) is 121 cm³/mol. The van der Waals surface area contributed by atoms with E-state index in [-0.39, 0.29) is 35.5 Å². The maximum atomic E-state index is 13.6. The summed E-state index contributed by atoms with van der Waals surface area (Å²) in [5.74, 6) is -2.19. The standard InChI is InChI=1S/C24H38N4O5/c1-12(2)16-10-18(23(32)26-17(9-14-5-6-14)20(29)21(25)30)28(11-16)24(33)19(13(3)4)27-22(31)15-7-8-15/h12-19H,5-11H2,1-4H3,(H2,25,30)(H,26,32)(H,27,31)/t16-,17?,18+,19+/m1/s1. The first-order valence-electron chi connectivity index (χ1n) is 12.2. The van der Waals surface area contributed by atoms with Crippen LogP contribution in [0.3, 0.4) is 0 Å². The average molecular weight is 463 g/mol. The second-order valence-corrected chi connectivity index (χ2v) is 10.7. The Kier molecular flexibility index (Phi) is 7.80. The van der Waals surface area contributed by atoms with Crippen LogP contribution in [0.1, 0.15) is 66.2 Å². The number of primary amides is 1. The van der Waals surface area contributed by atoms with Crippen molar-refractivity contribution in [2.24, 2.45) is 35.3 Å². The fraction of sp³-hybridized carbons (Fsp3) is 0.792. The van der Waals surface area contributed by atoms with Gasteiger partial charge in [-0.2, -0.15) is 0 Å². The summed E-state index contributed by atoms with van der Waals surface area (Å²) >= 11 is 0. The highest BCUT2D eigenvalue weighted by atomic mass is 16.2. The Bertz CT molecular complexity index is 803. The molecule has 1 unspecified atom stereocenters. The first-order chi connectivity index (χ1) is 15.5. The number of carbonyl (C=O) groups excluding carboxylic acids is 5. The molecule has 2 aliphatic carbocycles. The zero-order chi connectivity index (χ0) is 24.4. The van der Waals surface area contributed by atoms with Crippen LogP contribution in [0.2, 0.25) is 0 Å². The van der Waals surface area contributed by atoms with Crippen LogP contribution >= 0.6 is 0 Å². The molecule has 9 heteroatoms. The molecule has 0 bridgehead atoms. The molecule has 4 N–H and O–H groups in total. The molecule has 0 aromatic rings. The second kappa shape index (κ2) is 10.2. The summed E-state index contributed by atoms with van der Waals surface area (Å²) < 4.78 is 0. The molecule has 3 aliphatic rings. The van der Waals surface area contributed by atoms with Crippen molar-refractivity contribution >= 4 is 29.4 Å². The lowest BCUT2D eigenvalue weighted by atomic mass is 9.93. The van der Waals surface area contributed by atoms with Gasteiger partial charge in [0.15, 0.2) is 0 Å². The molecule has 3 fully saturated rings. The number of carbonyl (C=O) groups is 5. The van der Waals surface area contributed by atoms with Gasteiger partial charge < -0.3 is 21.3 Å². The first kappa shape index (κ1) is 25.2. The molecule has 9 nitrogen and oxygen atoms in total. The number of rotatable bonds is 11. The lowest BCUT2D eigenvalue weighted by molar-refractivity contribution is -0.144. The zero-order valence-electron chi connectivity index (χ0n) is 20.1. The van der Waals surface area contributed by atoms with Crippen LogP contribution in [0.15, 0.2) is 0 Å². The van der Waals surface area contributed by atoms with E-state index in [0.717, 1.165) is 25.7 Å². The summed E-state index contributed by atoms with van der Waals surface area (Å²) in [6.07, 6.45) is 4.44. The number of Topliss-reactive ketones (excluding diaryl/α,β-unsaturated/α-hetero) is 1. The molecule has 0 aromatic carbocycles. The van der Waals surface area contributed by atoms with Crippen molar-refractivity contribution in [3.8, 4) is 0 Å². The molecule has 3 rings (SSSR count). The third kappa shape index (κ3) is 6.32. The minimum Gasteiger partial charge on any atom is -0.363 e. The Morgan fingerprint density at radius 1 is 0.939 bits per heavy atom. The largest absolute Gasteiger partial charge is 0.363 e. The molecule has 2 saturated carbocycles. The van der Waals surface area contributed by atoms with E-state index in [1.807, 2.05) is 13.8 Å². The van der Waals surface area contributed by atoms with Gasteiger partial charge >= 0.3 is 0 Å². The molecule has 0 radical (unpaired) electrons. The number of nitrogens with one attached hydrogen (secondary N) is 2. The maximum absolute atomic E-state index is 13.6. The van der Waals surface area contributed by atoms with E-state index in [2.05, 4.69) is 24.5 Å². The van der Waals surface area contributed by atoms with Gasteiger partial charge in [0.05, 0.1) is 6.04 Å². The Balaban J connectivity index is 1.77. The van der Waals surface area contributed by atoms with Crippen LogP contribution in [0, 0.1) is 29.6 Å². The summed E-state index contributed by atoms with van der Waals surface area (Å²) in [6, 6.07) is -2.44. The predicted octanol–water partition coefficient (Wildman–Crippen LogP) is 0.750. The highest BCUT2D eigenvalue weighted by molar-refractivity contribution is 6.37. The van der Waals surface area contributed by atoms with Gasteiger partial charge in [-0.05, 0) is 49.4 Å². The molecule has 1 aliphatic heterocycles. The quantitative estimate of drug-likeness (QED) is 0.389. The van der Waals surface area contributed by atoms with Gasteiger partial charge in [0.1, 0.15) is 12.1 Å². The fourth-order valence-corrected chi connectivity index (χ4v) is 4.51. The average Bonchev–Trinajstić information content (AvgIpc) is 3.67. The van der Waals surface area contributed by atoms with E-state index < -0.39 is 35.7 Å². The molecule has 4 amide bonds. The summed E-state index contributed by atoms with van der Waals surface area (Å²) in [5.41, 5.74) is 5.20. The highest BCUT2D eigenvalue weighted by Gasteiger charge is 2.45. The SMILES string of the molecule is CC(C)[C@@H]1C[C@@H](C(=O)NC(CC2CC2)C(=O)C(N)=O)N(C(=O)[C@@H](NC(=O)C2CC2)C(C)C)C1. The third-order valence-corrected chi connectivity index (χ3v) is 7.18. The summed E-state index contributed by atoms with van der Waals surface area (Å²) in [6.45, 7) is 8.26. The van der Waals surface area contributed by atoms with E-state index in [4.69, 9.17) is 5.73 Å². The van der Waals surface area contributed by atoms with Gasteiger partial charge in [0, 0.05) is 12.5 Å². The first-order valence-corrected chi connectivity index (χ1v) is 12.2. The lowest BCUT2D eigenvalue weighted by Crippen LogP contribution is -2.57. The number of hydrogen-bond acceptors (Lipinski definition) is 5. The molecule has 0 aromatic heterocycles. The number of hydrogen-bond donors (Lipinski definition) is 3. The van der Waals surface area contributed by atoms with Gasteiger partial charge in [-0.15, -0.1) is 0 Å². The molecular weight excluding hydrogens is 424 g/mol. The minimum atomic E-state index is -1.07. The molecular formula is C24H38N4O5. The van der Waals surface area contributed by atoms with Crippen molar-refractivity contribution in [1.29, 1.82) is 0 Å². The van der Waals surface area contributed by atoms with E-state index in [1.165, 1.54) is 0 Å². The normalized spacial score (nSPS) is 24.5. The number of amides is 4. The van der Waals surface area contributed by atoms with Crippen molar-refractivity contribution in [3.63, 3.8) is 0 Å². The molecule has 184 valence electrons. The summed E-state index contributed by atoms with van der Waals surface area (Å²) in [4.78, 5) is 64.6. The molecule has 0 spiro atoms. The number of nitrogens with zero attached hydrogens (tertiary/aromatic N) is 1. The van der Waals surface area contributed by atoms with Crippen LogP contribution in [0.4, 0.5) is 0 Å². The van der Waals surface area contributed by atoms with E-state index in [9.17, 15) is 24.0 Å². The summed E-state index contributed by atoms with van der Waals surface area (Å²) in [7, 11) is 0. The van der Waals surface area contributed by atoms with Crippen LogP contribution in [0.5, 0.6) is 0 Å². The molecule has 1 saturated heterocycles. The Hall–Kier alpha value is -2.45. The molecule has 1 heterocycles. The maximum Gasteiger partial charge on any atom is 0.287 e. The summed E-state index contributed by atoms with van der Waals surface area (Å²) in [5, 5.41) is 5.61. The number of likely N-dealkylation sites (tertiary alicyclic amines) is 1. The van der Waals surface area contributed by atoms with Crippen LogP contribution in [0.25, 0.3) is 0 Å². The smallest absolute Gasteiger partial charge is 0.287 e. The highest BCUT2D eigenvalue weighted by Crippen LogP contribution is 2.35. The van der Waals surface area contributed by atoms with Gasteiger partial charge in [-0.3, -0.25) is 24.0 Å². The minimum absolute atomic E-state index is 0.0249. The lowest BCUT2D eigenvalue weighted by Gasteiger charge is -2.31. The van der Waals surface area contributed by atoms with Gasteiger partial charge in [-0.25, -0.2) is 0 Å². The van der Waals surface area contributed by atoms with Gasteiger partial charge in [0.25, 0.3) is 5.91 Å². The third-order valence-electron chi connectivity index (χ3n) is 7.18. The van der Waals surface area contributed by atoms with Gasteiger partial charge in [-0.1, -0.05) is 40.5 Å². The Morgan fingerprint density at radius 3 is 2.06 bits per heavy atom. The van der Waals surface area contributed by atoms with Crippen molar-refractivity contribution in [2.75, 3.05) is 6.54 Å². The number of nitrogens with two attached hydrogens (primary N) is 1. The van der Waals surface area contributed by atoms with Crippen molar-refractivity contribution in [3.05, 3.63) is 0 Å². The van der Waals surface area contributed by atoms with E-state index in [0.29, 0.717) is 25.3 Å². The Morgan fingerprint density at radius 2 is 1.58 bits per heavy atom. The van der Waals surface area contributed by atoms with Crippen molar-refractivity contribution < 1.29 is 24.0 Å². The van der Waals surface area contributed by atoms with E-state index >= 15 is 0 Å². The molecule has 4 atom stereocenters. The van der Waals surface area contributed by atoms with Crippen molar-refractivity contribution in [2.45, 2.75) is 84.3 Å².